The van der Waals surface area contributed by atoms with Crippen molar-refractivity contribution in [3.8, 4) is 12.3 Å². The fraction of sp³-hybridized carbons (Fsp3) is 0.500. The van der Waals surface area contributed by atoms with Crippen molar-refractivity contribution < 1.29 is 0 Å². The minimum absolute atomic E-state index is 0.265. The van der Waals surface area contributed by atoms with Crippen LogP contribution in [0.3, 0.4) is 0 Å². The summed E-state index contributed by atoms with van der Waals surface area (Å²) >= 11 is 0. The summed E-state index contributed by atoms with van der Waals surface area (Å²) in [7, 11) is 0. The van der Waals surface area contributed by atoms with Gasteiger partial charge in [0, 0.05) is 0 Å². The van der Waals surface area contributed by atoms with E-state index in [-0.39, 0.29) is 6.04 Å². The van der Waals surface area contributed by atoms with Crippen molar-refractivity contribution in [1.29, 1.82) is 0 Å². The standard InChI is InChI=1S/C16H19N/c1-3-14(17-4-2)16-13-10-9-11-7-5-6-8-12(11)15(13)16/h1,5-8,13-17H,4,9-10H2,2H3. The van der Waals surface area contributed by atoms with E-state index < -0.39 is 0 Å². The highest BCUT2D eigenvalue weighted by molar-refractivity contribution is 5.41. The predicted molar refractivity (Wildman–Crippen MR) is 70.8 cm³/mol. The molecular weight excluding hydrogens is 206 g/mol. The van der Waals surface area contributed by atoms with Gasteiger partial charge in [0.05, 0.1) is 6.04 Å². The highest BCUT2D eigenvalue weighted by Gasteiger charge is 2.55. The normalized spacial score (nSPS) is 30.9. The van der Waals surface area contributed by atoms with Crippen molar-refractivity contribution in [1.82, 2.24) is 5.32 Å². The zero-order valence-electron chi connectivity index (χ0n) is 10.3. The average molecular weight is 225 g/mol. The molecule has 0 spiro atoms. The number of nitrogens with one attached hydrogen (secondary N) is 1. The van der Waals surface area contributed by atoms with Crippen LogP contribution in [0.2, 0.25) is 0 Å². The molecule has 3 rings (SSSR count). The van der Waals surface area contributed by atoms with Crippen molar-refractivity contribution in [2.45, 2.75) is 31.7 Å². The van der Waals surface area contributed by atoms with E-state index in [1.807, 2.05) is 0 Å². The second kappa shape index (κ2) is 4.20. The molecule has 1 aromatic carbocycles. The van der Waals surface area contributed by atoms with Crippen LogP contribution in [0.1, 0.15) is 30.4 Å². The van der Waals surface area contributed by atoms with Crippen molar-refractivity contribution in [2.24, 2.45) is 11.8 Å². The summed E-state index contributed by atoms with van der Waals surface area (Å²) in [4.78, 5) is 0. The zero-order chi connectivity index (χ0) is 11.8. The van der Waals surface area contributed by atoms with Crippen LogP contribution < -0.4 is 5.32 Å². The maximum absolute atomic E-state index is 5.66. The average Bonchev–Trinajstić information content (AvgIpc) is 3.10. The van der Waals surface area contributed by atoms with Gasteiger partial charge < -0.3 is 5.32 Å². The summed E-state index contributed by atoms with van der Waals surface area (Å²) in [6.45, 7) is 3.09. The fourth-order valence-electron chi connectivity index (χ4n) is 3.60. The molecule has 4 atom stereocenters. The van der Waals surface area contributed by atoms with Crippen LogP contribution in [-0.2, 0) is 6.42 Å². The topological polar surface area (TPSA) is 12.0 Å². The van der Waals surface area contributed by atoms with E-state index in [0.717, 1.165) is 18.4 Å². The predicted octanol–water partition coefficient (Wildman–Crippen LogP) is 2.57. The van der Waals surface area contributed by atoms with Crippen LogP contribution >= 0.6 is 0 Å². The highest BCUT2D eigenvalue weighted by Crippen LogP contribution is 2.61. The number of fused-ring (bicyclic) bond motifs is 3. The maximum atomic E-state index is 5.66. The van der Waals surface area contributed by atoms with Crippen molar-refractivity contribution >= 4 is 0 Å². The van der Waals surface area contributed by atoms with E-state index in [1.165, 1.54) is 12.8 Å². The first-order valence-corrected chi connectivity index (χ1v) is 6.64. The van der Waals surface area contributed by atoms with Gasteiger partial charge in [0.15, 0.2) is 0 Å². The lowest BCUT2D eigenvalue weighted by molar-refractivity contribution is 0.525. The monoisotopic (exact) mass is 225 g/mol. The van der Waals surface area contributed by atoms with Crippen molar-refractivity contribution in [2.75, 3.05) is 6.54 Å². The third-order valence-corrected chi connectivity index (χ3v) is 4.38. The van der Waals surface area contributed by atoms with E-state index in [2.05, 4.69) is 42.4 Å². The molecule has 1 saturated carbocycles. The number of terminal acetylenes is 1. The summed E-state index contributed by atoms with van der Waals surface area (Å²) in [5.74, 6) is 5.16. The van der Waals surface area contributed by atoms with Crippen LogP contribution in [0.5, 0.6) is 0 Å². The SMILES string of the molecule is C#CC(NCC)C1C2CCc3ccccc3C21. The molecule has 1 fully saturated rings. The van der Waals surface area contributed by atoms with Crippen LogP contribution in [0.4, 0.5) is 0 Å². The van der Waals surface area contributed by atoms with Crippen molar-refractivity contribution in [3.05, 3.63) is 35.4 Å². The molecule has 0 heterocycles. The minimum atomic E-state index is 0.265. The van der Waals surface area contributed by atoms with Crippen LogP contribution in [0.15, 0.2) is 24.3 Å². The third-order valence-electron chi connectivity index (χ3n) is 4.38. The third kappa shape index (κ3) is 1.68. The number of rotatable bonds is 3. The molecule has 0 bridgehead atoms. The molecule has 2 aliphatic carbocycles. The van der Waals surface area contributed by atoms with E-state index in [1.54, 1.807) is 11.1 Å². The Kier molecular flexibility index (Phi) is 2.68. The molecule has 0 amide bonds. The molecule has 0 radical (unpaired) electrons. The first kappa shape index (κ1) is 10.9. The first-order chi connectivity index (χ1) is 8.36. The number of hydrogen-bond donors (Lipinski definition) is 1. The Hall–Kier alpha value is -1.26. The lowest BCUT2D eigenvalue weighted by Gasteiger charge is -2.13. The first-order valence-electron chi connectivity index (χ1n) is 6.64. The van der Waals surface area contributed by atoms with Gasteiger partial charge in [0.1, 0.15) is 0 Å². The van der Waals surface area contributed by atoms with E-state index >= 15 is 0 Å². The van der Waals surface area contributed by atoms with E-state index in [4.69, 9.17) is 6.42 Å². The summed E-state index contributed by atoms with van der Waals surface area (Å²) < 4.78 is 0. The van der Waals surface area contributed by atoms with Gasteiger partial charge in [0.2, 0.25) is 0 Å². The number of hydrogen-bond acceptors (Lipinski definition) is 1. The Morgan fingerprint density at radius 2 is 2.29 bits per heavy atom. The van der Waals surface area contributed by atoms with Gasteiger partial charge in [0.25, 0.3) is 0 Å². The smallest absolute Gasteiger partial charge is 0.0724 e. The zero-order valence-corrected chi connectivity index (χ0v) is 10.3. The molecule has 17 heavy (non-hydrogen) atoms. The Balaban J connectivity index is 1.85. The van der Waals surface area contributed by atoms with Crippen LogP contribution in [0.25, 0.3) is 0 Å². The lowest BCUT2D eigenvalue weighted by Crippen LogP contribution is -2.30. The summed E-state index contributed by atoms with van der Waals surface area (Å²) in [5.41, 5.74) is 3.11. The largest absolute Gasteiger partial charge is 0.304 e. The molecular formula is C16H19N. The van der Waals surface area contributed by atoms with E-state index in [9.17, 15) is 0 Å². The van der Waals surface area contributed by atoms with Gasteiger partial charge in [-0.25, -0.2) is 0 Å². The lowest BCUT2D eigenvalue weighted by atomic mass is 9.92. The Morgan fingerprint density at radius 1 is 1.47 bits per heavy atom. The minimum Gasteiger partial charge on any atom is -0.304 e. The number of benzene rings is 1. The summed E-state index contributed by atoms with van der Waals surface area (Å²) in [6.07, 6.45) is 8.21. The Bertz CT molecular complexity index is 457. The summed E-state index contributed by atoms with van der Waals surface area (Å²) in [5, 5.41) is 3.45. The molecule has 0 aromatic heterocycles. The number of aryl methyl sites for hydroxylation is 1. The molecule has 0 saturated heterocycles. The van der Waals surface area contributed by atoms with Crippen molar-refractivity contribution in [3.63, 3.8) is 0 Å². The molecule has 1 heteroatoms. The quantitative estimate of drug-likeness (QED) is 0.780. The fourth-order valence-corrected chi connectivity index (χ4v) is 3.60. The molecule has 4 unspecified atom stereocenters. The second-order valence-corrected chi connectivity index (χ2v) is 5.21. The molecule has 1 aromatic rings. The van der Waals surface area contributed by atoms with Gasteiger partial charge in [-0.15, -0.1) is 6.42 Å². The van der Waals surface area contributed by atoms with Crippen LogP contribution in [0, 0.1) is 24.2 Å². The molecule has 2 aliphatic rings. The highest BCUT2D eigenvalue weighted by atomic mass is 14.9. The van der Waals surface area contributed by atoms with Gasteiger partial charge >= 0.3 is 0 Å². The maximum Gasteiger partial charge on any atom is 0.0724 e. The van der Waals surface area contributed by atoms with Crippen LogP contribution in [-0.4, -0.2) is 12.6 Å². The Labute approximate surface area is 104 Å². The van der Waals surface area contributed by atoms with Gasteiger partial charge in [-0.2, -0.15) is 0 Å². The molecule has 0 aliphatic heterocycles. The Morgan fingerprint density at radius 3 is 3.06 bits per heavy atom. The molecule has 1 nitrogen and oxygen atoms in total. The molecule has 1 N–H and O–H groups in total. The molecule has 88 valence electrons. The van der Waals surface area contributed by atoms with E-state index in [0.29, 0.717) is 5.92 Å². The second-order valence-electron chi connectivity index (χ2n) is 5.21. The van der Waals surface area contributed by atoms with Gasteiger partial charge in [-0.1, -0.05) is 37.1 Å². The van der Waals surface area contributed by atoms with Gasteiger partial charge in [-0.3, -0.25) is 0 Å². The van der Waals surface area contributed by atoms with Gasteiger partial charge in [-0.05, 0) is 48.3 Å². The summed E-state index contributed by atoms with van der Waals surface area (Å²) in [6, 6.07) is 9.15.